The van der Waals surface area contributed by atoms with E-state index in [2.05, 4.69) is 0 Å². The zero-order valence-corrected chi connectivity index (χ0v) is 17.9. The summed E-state index contributed by atoms with van der Waals surface area (Å²) >= 11 is 30.1. The lowest BCUT2D eigenvalue weighted by molar-refractivity contribution is 0.258. The van der Waals surface area contributed by atoms with Crippen LogP contribution >= 0.6 is 58.0 Å². The molecule has 0 saturated heterocycles. The fourth-order valence-corrected chi connectivity index (χ4v) is 3.38. The Hall–Kier alpha value is -0.770. The Morgan fingerprint density at radius 2 is 1.46 bits per heavy atom. The topological polar surface area (TPSA) is 18.5 Å². The van der Waals surface area contributed by atoms with Gasteiger partial charge in [0.2, 0.25) is 0 Å². The fourth-order valence-electron chi connectivity index (χ4n) is 2.09. The van der Waals surface area contributed by atoms with E-state index in [1.54, 1.807) is 36.4 Å². The van der Waals surface area contributed by atoms with Gasteiger partial charge in [-0.25, -0.2) is 0 Å². The van der Waals surface area contributed by atoms with Gasteiger partial charge in [0.1, 0.15) is 11.5 Å². The minimum Gasteiger partial charge on any atom is -0.492 e. The number of ether oxygens (including phenoxy) is 2. The highest BCUT2D eigenvalue weighted by atomic mass is 35.5. The number of allylic oxidation sites excluding steroid dienone is 1. The van der Waals surface area contributed by atoms with Crippen LogP contribution in [0.2, 0.25) is 20.1 Å². The number of rotatable bonds is 7. The van der Waals surface area contributed by atoms with E-state index in [-0.39, 0.29) is 10.6 Å². The molecule has 0 aliphatic carbocycles. The lowest BCUT2D eigenvalue weighted by atomic mass is 9.90. The Morgan fingerprint density at radius 1 is 0.923 bits per heavy atom. The van der Waals surface area contributed by atoms with Crippen LogP contribution in [-0.4, -0.2) is 6.61 Å². The van der Waals surface area contributed by atoms with Crippen LogP contribution in [0.25, 0.3) is 0 Å². The van der Waals surface area contributed by atoms with Crippen LogP contribution in [0.5, 0.6) is 11.5 Å². The van der Waals surface area contributed by atoms with E-state index in [9.17, 15) is 0 Å². The lowest BCUT2D eigenvalue weighted by Gasteiger charge is -2.21. The first-order chi connectivity index (χ1) is 12.2. The summed E-state index contributed by atoms with van der Waals surface area (Å²) in [7, 11) is 0. The molecule has 0 atom stereocenters. The Balaban J connectivity index is 1.94. The van der Waals surface area contributed by atoms with E-state index in [4.69, 9.17) is 67.5 Å². The van der Waals surface area contributed by atoms with Gasteiger partial charge < -0.3 is 9.47 Å². The second-order valence-corrected chi connectivity index (χ2v) is 8.35. The Morgan fingerprint density at radius 3 is 2.00 bits per heavy atom. The van der Waals surface area contributed by atoms with Crippen molar-refractivity contribution in [2.24, 2.45) is 5.41 Å². The lowest BCUT2D eigenvalue weighted by Crippen LogP contribution is -2.14. The van der Waals surface area contributed by atoms with Gasteiger partial charge in [-0.05, 0) is 65.9 Å². The van der Waals surface area contributed by atoms with Crippen molar-refractivity contribution in [1.29, 1.82) is 0 Å². The molecular formula is C19H17Cl5O2. The fraction of sp³-hybridized carbons (Fsp3) is 0.263. The van der Waals surface area contributed by atoms with Crippen LogP contribution in [0.15, 0.2) is 47.7 Å². The first-order valence-electron chi connectivity index (χ1n) is 7.75. The van der Waals surface area contributed by atoms with E-state index >= 15 is 0 Å². The van der Waals surface area contributed by atoms with Crippen molar-refractivity contribution >= 4 is 58.0 Å². The minimum atomic E-state index is -0.269. The molecule has 2 aromatic carbocycles. The van der Waals surface area contributed by atoms with Crippen molar-refractivity contribution in [3.63, 3.8) is 0 Å². The van der Waals surface area contributed by atoms with E-state index in [1.165, 1.54) is 0 Å². The van der Waals surface area contributed by atoms with Gasteiger partial charge in [0.15, 0.2) is 5.22 Å². The predicted molar refractivity (Wildman–Crippen MR) is 111 cm³/mol. The van der Waals surface area contributed by atoms with Gasteiger partial charge in [-0.1, -0.05) is 60.3 Å². The summed E-state index contributed by atoms with van der Waals surface area (Å²) in [6, 6.07) is 10.1. The molecule has 0 aliphatic rings. The summed E-state index contributed by atoms with van der Waals surface area (Å²) in [5.41, 5.74) is -0.269. The molecule has 0 spiro atoms. The molecule has 0 fully saturated rings. The minimum absolute atomic E-state index is 0.226. The van der Waals surface area contributed by atoms with Crippen molar-refractivity contribution in [2.75, 3.05) is 6.61 Å². The summed E-state index contributed by atoms with van der Waals surface area (Å²) < 4.78 is 11.3. The smallest absolute Gasteiger partial charge is 0.190 e. The van der Waals surface area contributed by atoms with Gasteiger partial charge in [-0.2, -0.15) is 0 Å². The third-order valence-corrected chi connectivity index (χ3v) is 4.75. The number of hydrogen-bond donors (Lipinski definition) is 0. The standard InChI is InChI=1S/C19H17Cl5O2/c1-19(2,7-8-25-16-5-3-12(20)9-14(16)22)11-18(24)26-17-6-4-13(21)10-15(17)23/h3-6,9-11H,7-8H2,1-2H3. The summed E-state index contributed by atoms with van der Waals surface area (Å²) in [6.07, 6.45) is 2.51. The van der Waals surface area contributed by atoms with Gasteiger partial charge in [0.25, 0.3) is 0 Å². The predicted octanol–water partition coefficient (Wildman–Crippen LogP) is 8.25. The highest BCUT2D eigenvalue weighted by molar-refractivity contribution is 6.36. The summed E-state index contributed by atoms with van der Waals surface area (Å²) in [5, 5.41) is 2.19. The molecule has 0 heterocycles. The van der Waals surface area contributed by atoms with Crippen LogP contribution in [0.4, 0.5) is 0 Å². The SMILES string of the molecule is CC(C)(C=C(Cl)Oc1ccc(Cl)cc1Cl)CCOc1ccc(Cl)cc1Cl. The number of halogens is 5. The largest absolute Gasteiger partial charge is 0.492 e. The first kappa shape index (κ1) is 21.5. The highest BCUT2D eigenvalue weighted by Crippen LogP contribution is 2.33. The van der Waals surface area contributed by atoms with Crippen molar-refractivity contribution in [3.05, 3.63) is 67.8 Å². The molecule has 0 amide bonds. The molecule has 26 heavy (non-hydrogen) atoms. The maximum atomic E-state index is 6.22. The zero-order valence-electron chi connectivity index (χ0n) is 14.2. The van der Waals surface area contributed by atoms with Crippen molar-refractivity contribution in [2.45, 2.75) is 20.3 Å². The van der Waals surface area contributed by atoms with Gasteiger partial charge in [0, 0.05) is 10.0 Å². The second-order valence-electron chi connectivity index (χ2n) is 6.29. The molecule has 0 bridgehead atoms. The number of hydrogen-bond acceptors (Lipinski definition) is 2. The summed E-state index contributed by atoms with van der Waals surface area (Å²) in [5.74, 6) is 1.03. The summed E-state index contributed by atoms with van der Waals surface area (Å²) in [6.45, 7) is 4.50. The van der Waals surface area contributed by atoms with E-state index in [0.29, 0.717) is 44.6 Å². The van der Waals surface area contributed by atoms with Crippen LogP contribution in [0, 0.1) is 5.41 Å². The van der Waals surface area contributed by atoms with Crippen LogP contribution in [0.1, 0.15) is 20.3 Å². The van der Waals surface area contributed by atoms with Crippen molar-refractivity contribution in [1.82, 2.24) is 0 Å². The van der Waals surface area contributed by atoms with Crippen molar-refractivity contribution < 1.29 is 9.47 Å². The average molecular weight is 455 g/mol. The van der Waals surface area contributed by atoms with Gasteiger partial charge in [-0.3, -0.25) is 0 Å². The molecule has 2 nitrogen and oxygen atoms in total. The molecule has 0 N–H and O–H groups in total. The van der Waals surface area contributed by atoms with Gasteiger partial charge >= 0.3 is 0 Å². The molecule has 7 heteroatoms. The van der Waals surface area contributed by atoms with Crippen molar-refractivity contribution in [3.8, 4) is 11.5 Å². The molecule has 2 aromatic rings. The molecule has 0 aliphatic heterocycles. The van der Waals surface area contributed by atoms with E-state index in [1.807, 2.05) is 19.9 Å². The van der Waals surface area contributed by atoms with E-state index < -0.39 is 0 Å². The first-order valence-corrected chi connectivity index (χ1v) is 9.64. The molecule has 2 rings (SSSR count). The normalized spacial score (nSPS) is 12.2. The number of benzene rings is 2. The average Bonchev–Trinajstić information content (AvgIpc) is 2.51. The Labute approximate surface area is 178 Å². The molecule has 0 aromatic heterocycles. The third kappa shape index (κ3) is 6.75. The molecule has 0 saturated carbocycles. The maximum Gasteiger partial charge on any atom is 0.190 e. The Bertz CT molecular complexity index is 803. The van der Waals surface area contributed by atoms with Gasteiger partial charge in [0.05, 0.1) is 16.7 Å². The quantitative estimate of drug-likeness (QED) is 0.392. The van der Waals surface area contributed by atoms with Crippen LogP contribution < -0.4 is 9.47 Å². The third-order valence-electron chi connectivity index (χ3n) is 3.50. The second kappa shape index (κ2) is 9.43. The van der Waals surface area contributed by atoms with Crippen LogP contribution in [-0.2, 0) is 0 Å². The zero-order chi connectivity index (χ0) is 19.3. The summed E-state index contributed by atoms with van der Waals surface area (Å²) in [4.78, 5) is 0. The molecule has 0 radical (unpaired) electrons. The molecular weight excluding hydrogens is 437 g/mol. The van der Waals surface area contributed by atoms with Crippen LogP contribution in [0.3, 0.4) is 0 Å². The monoisotopic (exact) mass is 452 g/mol. The highest BCUT2D eigenvalue weighted by Gasteiger charge is 2.18. The molecule has 0 unspecified atom stereocenters. The molecule has 140 valence electrons. The van der Waals surface area contributed by atoms with E-state index in [0.717, 1.165) is 0 Å². The van der Waals surface area contributed by atoms with Gasteiger partial charge in [-0.15, -0.1) is 0 Å². The maximum absolute atomic E-state index is 6.22. The Kier molecular flexibility index (Phi) is 7.81.